The molecule has 82 valence electrons. The van der Waals surface area contributed by atoms with Gasteiger partial charge in [0.1, 0.15) is 11.6 Å². The predicted octanol–water partition coefficient (Wildman–Crippen LogP) is 2.21. The minimum atomic E-state index is -0.186. The summed E-state index contributed by atoms with van der Waals surface area (Å²) in [4.78, 5) is 0. The van der Waals surface area contributed by atoms with Crippen LogP contribution in [0.2, 0.25) is 0 Å². The van der Waals surface area contributed by atoms with Crippen molar-refractivity contribution in [2.45, 2.75) is 6.04 Å². The van der Waals surface area contributed by atoms with Crippen molar-refractivity contribution in [3.8, 4) is 5.75 Å². The molecule has 0 saturated carbocycles. The van der Waals surface area contributed by atoms with E-state index in [-0.39, 0.29) is 11.9 Å². The smallest absolute Gasteiger partial charge is 0.131 e. The standard InChI is InChI=1S/C11H14FNOS/c1-14-8-2-3-9(10(12)6-8)11-7-15-5-4-13-11/h2-3,6,11,13H,4-5,7H2,1H3/t11-/m1/s1. The Bertz CT molecular complexity index is 339. The molecule has 2 nitrogen and oxygen atoms in total. The molecule has 1 heterocycles. The number of hydrogen-bond donors (Lipinski definition) is 1. The Morgan fingerprint density at radius 3 is 3.00 bits per heavy atom. The molecule has 1 aromatic rings. The fourth-order valence-electron chi connectivity index (χ4n) is 1.68. The van der Waals surface area contributed by atoms with Crippen LogP contribution in [0.15, 0.2) is 18.2 Å². The van der Waals surface area contributed by atoms with E-state index in [9.17, 15) is 4.39 Å². The van der Waals surface area contributed by atoms with Crippen LogP contribution in [0.3, 0.4) is 0 Å². The summed E-state index contributed by atoms with van der Waals surface area (Å²) in [7, 11) is 1.54. The number of rotatable bonds is 2. The van der Waals surface area contributed by atoms with E-state index in [1.54, 1.807) is 19.2 Å². The van der Waals surface area contributed by atoms with Crippen molar-refractivity contribution < 1.29 is 9.13 Å². The zero-order valence-corrected chi connectivity index (χ0v) is 9.44. The maximum absolute atomic E-state index is 13.7. The molecule has 0 aromatic heterocycles. The van der Waals surface area contributed by atoms with Crippen molar-refractivity contribution in [3.63, 3.8) is 0 Å². The summed E-state index contributed by atoms with van der Waals surface area (Å²) < 4.78 is 18.7. The van der Waals surface area contributed by atoms with Gasteiger partial charge in [0.25, 0.3) is 0 Å². The number of hydrogen-bond acceptors (Lipinski definition) is 3. The van der Waals surface area contributed by atoms with Gasteiger partial charge >= 0.3 is 0 Å². The maximum atomic E-state index is 13.7. The van der Waals surface area contributed by atoms with Gasteiger partial charge in [-0.2, -0.15) is 11.8 Å². The molecule has 0 spiro atoms. The van der Waals surface area contributed by atoms with Gasteiger partial charge in [-0.15, -0.1) is 0 Å². The van der Waals surface area contributed by atoms with E-state index in [0.29, 0.717) is 5.75 Å². The molecule has 1 aliphatic heterocycles. The molecule has 15 heavy (non-hydrogen) atoms. The highest BCUT2D eigenvalue weighted by molar-refractivity contribution is 7.99. The van der Waals surface area contributed by atoms with E-state index < -0.39 is 0 Å². The SMILES string of the molecule is COc1ccc([C@H]2CSCCN2)c(F)c1. The second-order valence-corrected chi connectivity index (χ2v) is 4.62. The molecule has 1 saturated heterocycles. The van der Waals surface area contributed by atoms with Crippen molar-refractivity contribution >= 4 is 11.8 Å². The van der Waals surface area contributed by atoms with Gasteiger partial charge in [-0.05, 0) is 6.07 Å². The summed E-state index contributed by atoms with van der Waals surface area (Å²) >= 11 is 1.86. The molecular weight excluding hydrogens is 213 g/mol. The molecule has 0 unspecified atom stereocenters. The number of benzene rings is 1. The lowest BCUT2D eigenvalue weighted by Crippen LogP contribution is -2.30. The van der Waals surface area contributed by atoms with Gasteiger partial charge < -0.3 is 10.1 Å². The fourth-order valence-corrected chi connectivity index (χ4v) is 2.64. The van der Waals surface area contributed by atoms with Crippen molar-refractivity contribution in [1.29, 1.82) is 0 Å². The third kappa shape index (κ3) is 2.44. The zero-order chi connectivity index (χ0) is 10.7. The predicted molar refractivity (Wildman–Crippen MR) is 61.0 cm³/mol. The zero-order valence-electron chi connectivity index (χ0n) is 8.63. The van der Waals surface area contributed by atoms with Gasteiger partial charge in [-0.3, -0.25) is 0 Å². The summed E-state index contributed by atoms with van der Waals surface area (Å²) in [6.07, 6.45) is 0. The van der Waals surface area contributed by atoms with Crippen LogP contribution in [0.4, 0.5) is 4.39 Å². The highest BCUT2D eigenvalue weighted by atomic mass is 32.2. The highest BCUT2D eigenvalue weighted by Gasteiger charge is 2.18. The number of methoxy groups -OCH3 is 1. The van der Waals surface area contributed by atoms with E-state index in [0.717, 1.165) is 23.6 Å². The molecule has 2 rings (SSSR count). The topological polar surface area (TPSA) is 21.3 Å². The Labute approximate surface area is 93.2 Å². The highest BCUT2D eigenvalue weighted by Crippen LogP contribution is 2.26. The van der Waals surface area contributed by atoms with Crippen LogP contribution in [0, 0.1) is 5.82 Å². The number of halogens is 1. The third-order valence-electron chi connectivity index (χ3n) is 2.50. The van der Waals surface area contributed by atoms with Gasteiger partial charge in [-0.1, -0.05) is 6.07 Å². The Morgan fingerprint density at radius 1 is 1.53 bits per heavy atom. The van der Waals surface area contributed by atoms with Gasteiger partial charge in [0.05, 0.1) is 7.11 Å². The lowest BCUT2D eigenvalue weighted by molar-refractivity contribution is 0.409. The number of ether oxygens (including phenoxy) is 1. The summed E-state index contributed by atoms with van der Waals surface area (Å²) in [6.45, 7) is 0.945. The van der Waals surface area contributed by atoms with Crippen LogP contribution in [0.25, 0.3) is 0 Å². The Balaban J connectivity index is 2.19. The lowest BCUT2D eigenvalue weighted by Gasteiger charge is -2.24. The molecule has 0 bridgehead atoms. The van der Waals surface area contributed by atoms with Crippen LogP contribution in [-0.2, 0) is 0 Å². The van der Waals surface area contributed by atoms with Crippen LogP contribution in [0.1, 0.15) is 11.6 Å². The van der Waals surface area contributed by atoms with Gasteiger partial charge in [0.2, 0.25) is 0 Å². The lowest BCUT2D eigenvalue weighted by atomic mass is 10.1. The van der Waals surface area contributed by atoms with E-state index in [1.807, 2.05) is 11.8 Å². The minimum Gasteiger partial charge on any atom is -0.497 e. The van der Waals surface area contributed by atoms with Crippen LogP contribution < -0.4 is 10.1 Å². The fraction of sp³-hybridized carbons (Fsp3) is 0.455. The Morgan fingerprint density at radius 2 is 2.40 bits per heavy atom. The Hall–Kier alpha value is -0.740. The van der Waals surface area contributed by atoms with Crippen molar-refractivity contribution in [1.82, 2.24) is 5.32 Å². The molecule has 0 amide bonds. The second kappa shape index (κ2) is 4.86. The molecule has 1 aliphatic rings. The summed E-state index contributed by atoms with van der Waals surface area (Å²) in [6, 6.07) is 5.18. The molecule has 4 heteroatoms. The van der Waals surface area contributed by atoms with E-state index in [1.165, 1.54) is 6.07 Å². The van der Waals surface area contributed by atoms with Crippen LogP contribution in [-0.4, -0.2) is 25.2 Å². The normalized spacial score (nSPS) is 21.3. The Kier molecular flexibility index (Phi) is 3.49. The quantitative estimate of drug-likeness (QED) is 0.837. The first-order chi connectivity index (χ1) is 7.31. The first-order valence-electron chi connectivity index (χ1n) is 4.96. The minimum absolute atomic E-state index is 0.134. The molecule has 1 aromatic carbocycles. The largest absolute Gasteiger partial charge is 0.497 e. The summed E-state index contributed by atoms with van der Waals surface area (Å²) in [5.41, 5.74) is 0.739. The van der Waals surface area contributed by atoms with Gasteiger partial charge in [-0.25, -0.2) is 4.39 Å². The summed E-state index contributed by atoms with van der Waals surface area (Å²) in [5.74, 6) is 2.42. The van der Waals surface area contributed by atoms with E-state index in [2.05, 4.69) is 5.32 Å². The second-order valence-electron chi connectivity index (χ2n) is 3.47. The van der Waals surface area contributed by atoms with Crippen molar-refractivity contribution in [3.05, 3.63) is 29.6 Å². The van der Waals surface area contributed by atoms with E-state index in [4.69, 9.17) is 4.74 Å². The molecule has 0 radical (unpaired) electrons. The number of nitrogens with one attached hydrogen (secondary N) is 1. The average Bonchev–Trinajstić information content (AvgIpc) is 2.30. The van der Waals surface area contributed by atoms with Crippen molar-refractivity contribution in [2.24, 2.45) is 0 Å². The van der Waals surface area contributed by atoms with Crippen molar-refractivity contribution in [2.75, 3.05) is 25.2 Å². The third-order valence-corrected chi connectivity index (χ3v) is 3.57. The van der Waals surface area contributed by atoms with Gasteiger partial charge in [0.15, 0.2) is 0 Å². The summed E-state index contributed by atoms with van der Waals surface area (Å²) in [5, 5.41) is 3.31. The van der Waals surface area contributed by atoms with E-state index >= 15 is 0 Å². The first kappa shape index (κ1) is 10.8. The molecular formula is C11H14FNOS. The average molecular weight is 227 g/mol. The maximum Gasteiger partial charge on any atom is 0.131 e. The van der Waals surface area contributed by atoms with Gasteiger partial charge in [0, 0.05) is 35.7 Å². The monoisotopic (exact) mass is 227 g/mol. The molecule has 1 atom stereocenters. The molecule has 1 fully saturated rings. The van der Waals surface area contributed by atoms with Crippen LogP contribution >= 0.6 is 11.8 Å². The molecule has 1 N–H and O–H groups in total. The first-order valence-corrected chi connectivity index (χ1v) is 6.11. The number of thioether (sulfide) groups is 1. The molecule has 0 aliphatic carbocycles. The van der Waals surface area contributed by atoms with Crippen LogP contribution in [0.5, 0.6) is 5.75 Å².